The van der Waals surface area contributed by atoms with Crippen molar-refractivity contribution in [2.45, 2.75) is 110 Å². The molecule has 7 heterocycles. The molecule has 19 heteroatoms. The number of benzene rings is 3. The van der Waals surface area contributed by atoms with Crippen LogP contribution in [0.5, 0.6) is 23.0 Å². The van der Waals surface area contributed by atoms with Crippen LogP contribution in [0.25, 0.3) is 39.4 Å². The Hall–Kier alpha value is -7.80. The Bertz CT molecular complexity index is 3360. The van der Waals surface area contributed by atoms with Crippen LogP contribution in [0.3, 0.4) is 0 Å². The zero-order valence-corrected chi connectivity index (χ0v) is 41.2. The molecule has 378 valence electrons. The van der Waals surface area contributed by atoms with Crippen LogP contribution in [0.4, 0.5) is 4.79 Å². The van der Waals surface area contributed by atoms with Crippen LogP contribution < -0.4 is 20.3 Å². The summed E-state index contributed by atoms with van der Waals surface area (Å²) in [4.78, 5) is 75.5. The quantitative estimate of drug-likeness (QED) is 0.115. The number of carbonyl (C=O) groups excluding carboxylic acids is 4. The van der Waals surface area contributed by atoms with Crippen molar-refractivity contribution < 1.29 is 48.7 Å². The average Bonchev–Trinajstić information content (AvgIpc) is 3.98. The molecule has 4 N–H and O–H groups in total. The van der Waals surface area contributed by atoms with Gasteiger partial charge in [0.2, 0.25) is 11.7 Å². The summed E-state index contributed by atoms with van der Waals surface area (Å²) >= 11 is 0. The summed E-state index contributed by atoms with van der Waals surface area (Å²) in [5.41, 5.74) is 4.58. The first-order chi connectivity index (χ1) is 35.1. The molecule has 19 nitrogen and oxygen atoms in total. The van der Waals surface area contributed by atoms with Crippen molar-refractivity contribution >= 4 is 34.8 Å². The number of pyridine rings is 2. The maximum absolute atomic E-state index is 13.9. The Balaban J connectivity index is 0.710. The number of aromatic nitrogens is 5. The fourth-order valence-electron chi connectivity index (χ4n) is 11.5. The largest absolute Gasteiger partial charge is 0.508 e. The van der Waals surface area contributed by atoms with E-state index in [2.05, 4.69) is 15.5 Å². The van der Waals surface area contributed by atoms with Gasteiger partial charge < -0.3 is 49.2 Å². The van der Waals surface area contributed by atoms with E-state index in [9.17, 15) is 39.3 Å². The summed E-state index contributed by atoms with van der Waals surface area (Å²) in [5, 5.41) is 44.5. The molecular weight excluding hydrogens is 937 g/mol. The number of phenols is 2. The summed E-state index contributed by atoms with van der Waals surface area (Å²) in [6, 6.07) is 15.2. The van der Waals surface area contributed by atoms with Crippen molar-refractivity contribution in [1.82, 2.24) is 39.4 Å². The zero-order valence-electron chi connectivity index (χ0n) is 41.2. The molecule has 0 bridgehead atoms. The number of ether oxygens (including phenoxy) is 3. The normalized spacial score (nSPS) is 20.0. The van der Waals surface area contributed by atoms with Crippen molar-refractivity contribution in [2.24, 2.45) is 5.92 Å². The number of carbonyl (C=O) groups is 4. The fraction of sp³-hybridized carbons (Fsp3) is 0.407. The van der Waals surface area contributed by atoms with E-state index in [1.807, 2.05) is 38.7 Å². The summed E-state index contributed by atoms with van der Waals surface area (Å²) in [6.45, 7) is 11.5. The molecule has 2 fully saturated rings. The highest BCUT2D eigenvalue weighted by atomic mass is 16.6. The second-order valence-corrected chi connectivity index (χ2v) is 20.0. The molecule has 3 aromatic carbocycles. The van der Waals surface area contributed by atoms with Crippen molar-refractivity contribution in [3.8, 4) is 51.5 Å². The van der Waals surface area contributed by atoms with Gasteiger partial charge in [-0.05, 0) is 104 Å². The number of aromatic hydroxyl groups is 2. The highest BCUT2D eigenvalue weighted by Gasteiger charge is 2.56. The Kier molecular flexibility index (Phi) is 11.7. The number of hydrogen-bond donors (Lipinski definition) is 4. The first kappa shape index (κ1) is 47.5. The molecule has 0 radical (unpaired) electrons. The van der Waals surface area contributed by atoms with Crippen LogP contribution in [0.2, 0.25) is 0 Å². The number of phenolic OH excluding ortho intramolecular Hbond substituents is 2. The summed E-state index contributed by atoms with van der Waals surface area (Å²) in [6.07, 6.45) is 2.28. The van der Waals surface area contributed by atoms with Gasteiger partial charge in [-0.3, -0.25) is 19.0 Å². The number of piperidine rings is 2. The van der Waals surface area contributed by atoms with E-state index in [-0.39, 0.29) is 78.2 Å². The Morgan fingerprint density at radius 1 is 0.918 bits per heavy atom. The van der Waals surface area contributed by atoms with Gasteiger partial charge in [-0.2, -0.15) is 0 Å². The second-order valence-electron chi connectivity index (χ2n) is 20.0. The van der Waals surface area contributed by atoms with Gasteiger partial charge in [0.25, 0.3) is 11.5 Å². The number of esters is 1. The third-order valence-electron chi connectivity index (χ3n) is 15.3. The maximum Gasteiger partial charge on any atom is 0.415 e. The second kappa shape index (κ2) is 18.0. The Labute approximate surface area is 419 Å². The number of amides is 3. The van der Waals surface area contributed by atoms with Crippen molar-refractivity contribution in [1.29, 1.82) is 0 Å². The van der Waals surface area contributed by atoms with E-state index in [1.165, 1.54) is 6.07 Å². The minimum atomic E-state index is -1.81. The molecule has 3 atom stereocenters. The van der Waals surface area contributed by atoms with Gasteiger partial charge in [0.05, 0.1) is 34.6 Å². The van der Waals surface area contributed by atoms with Crippen molar-refractivity contribution in [2.75, 3.05) is 26.2 Å². The Morgan fingerprint density at radius 2 is 1.67 bits per heavy atom. The highest BCUT2D eigenvalue weighted by molar-refractivity contribution is 5.94. The molecule has 0 spiro atoms. The van der Waals surface area contributed by atoms with Crippen LogP contribution in [-0.4, -0.2) is 112 Å². The minimum absolute atomic E-state index is 0.0282. The smallest absolute Gasteiger partial charge is 0.415 e. The molecule has 6 aromatic rings. The molecule has 4 aliphatic heterocycles. The maximum atomic E-state index is 13.9. The van der Waals surface area contributed by atoms with Crippen LogP contribution in [-0.2, 0) is 45.9 Å². The lowest BCUT2D eigenvalue weighted by Gasteiger charge is -2.42. The lowest BCUT2D eigenvalue weighted by molar-refractivity contribution is -0.175. The van der Waals surface area contributed by atoms with E-state index in [1.54, 1.807) is 63.4 Å². The van der Waals surface area contributed by atoms with Gasteiger partial charge >= 0.3 is 12.1 Å². The third kappa shape index (κ3) is 7.82. The highest BCUT2D eigenvalue weighted by Crippen LogP contribution is 2.51. The zero-order chi connectivity index (χ0) is 51.2. The SMILES string of the molecule is CCNC(=O)c1nnc(-c2cc(C(C)C)c(O)cc2O)n1-c1ccc(OC2CCN(C(=O)C3CCN(C(=O)Oc4ccc5nc6c(c(CC)c5c4)Cn4c-6c5c6c(c4=O)COC(=O)[C@]6(O)C5)C(C)C3)CC2)cc1. The number of hydrogen-bond acceptors (Lipinski definition) is 14. The van der Waals surface area contributed by atoms with Crippen molar-refractivity contribution in [3.05, 3.63) is 104 Å². The number of nitrogens with zero attached hydrogens (tertiary/aromatic N) is 7. The number of rotatable bonds is 10. The number of nitrogens with one attached hydrogen (secondary N) is 1. The molecule has 11 rings (SSSR count). The fourth-order valence-corrected chi connectivity index (χ4v) is 11.5. The van der Waals surface area contributed by atoms with Crippen LogP contribution >= 0.6 is 0 Å². The van der Waals surface area contributed by atoms with E-state index in [4.69, 9.17) is 19.2 Å². The number of cyclic esters (lactones) is 1. The van der Waals surface area contributed by atoms with Gasteiger partial charge in [0.15, 0.2) is 11.4 Å². The molecule has 2 unspecified atom stereocenters. The lowest BCUT2D eigenvalue weighted by atomic mass is 9.69. The van der Waals surface area contributed by atoms with E-state index >= 15 is 0 Å². The number of aryl methyl sites for hydroxylation is 1. The van der Waals surface area contributed by atoms with Crippen LogP contribution in [0.1, 0.15) is 110 Å². The minimum Gasteiger partial charge on any atom is -0.508 e. The van der Waals surface area contributed by atoms with Gasteiger partial charge in [-0.1, -0.05) is 20.8 Å². The van der Waals surface area contributed by atoms with E-state index in [0.717, 1.165) is 22.1 Å². The topological polar surface area (TPSA) is 241 Å². The predicted molar refractivity (Wildman–Crippen MR) is 265 cm³/mol. The summed E-state index contributed by atoms with van der Waals surface area (Å²) in [5.74, 6) is -0.439. The monoisotopic (exact) mass is 992 g/mol. The van der Waals surface area contributed by atoms with Gasteiger partial charge in [-0.15, -0.1) is 10.2 Å². The summed E-state index contributed by atoms with van der Waals surface area (Å²) in [7, 11) is 0. The molecular formula is C54H56N8O11. The molecule has 3 aromatic heterocycles. The van der Waals surface area contributed by atoms with Gasteiger partial charge in [0, 0.05) is 85.7 Å². The third-order valence-corrected chi connectivity index (χ3v) is 15.3. The van der Waals surface area contributed by atoms with E-state index < -0.39 is 23.6 Å². The molecule has 3 amide bonds. The lowest BCUT2D eigenvalue weighted by Crippen LogP contribution is -2.53. The molecule has 0 saturated carbocycles. The average molecular weight is 993 g/mol. The number of fused-ring (bicyclic) bond motifs is 5. The predicted octanol–water partition coefficient (Wildman–Crippen LogP) is 5.99. The van der Waals surface area contributed by atoms with Crippen LogP contribution in [0, 0.1) is 5.92 Å². The van der Waals surface area contributed by atoms with Gasteiger partial charge in [-0.25, -0.2) is 14.6 Å². The van der Waals surface area contributed by atoms with E-state index in [0.29, 0.717) is 115 Å². The molecule has 73 heavy (non-hydrogen) atoms. The number of likely N-dealkylation sites (tertiary alicyclic amines) is 2. The Morgan fingerprint density at radius 3 is 2.38 bits per heavy atom. The van der Waals surface area contributed by atoms with Crippen molar-refractivity contribution in [3.63, 3.8) is 0 Å². The first-order valence-electron chi connectivity index (χ1n) is 25.1. The number of aliphatic hydroxyl groups is 1. The molecule has 1 aliphatic carbocycles. The standard InChI is InChI=1S/C54H56N8O11/c1-6-34-36-21-33(12-13-41(36)56-45-39(34)25-61-46(45)38-24-54(70)44(38)40(51(61)67)26-71-52(54)68)73-53(69)60-19-14-29(20-28(60)5)50(66)59-17-15-32(16-18-59)72-31-10-8-30(9-11-31)62-47(57-58-48(62)49(65)55-7-2)37-22-35(27(3)4)42(63)23-43(37)64/h8-13,21-23,27-29,32,63-64,70H,6-7,14-20,24-26H2,1-5H3,(H,55,65)/t28?,29?,54-/m0/s1. The summed E-state index contributed by atoms with van der Waals surface area (Å²) < 4.78 is 20.8. The van der Waals surface area contributed by atoms with Crippen LogP contribution in [0.15, 0.2) is 59.4 Å². The molecule has 5 aliphatic rings. The molecule has 2 saturated heterocycles. The first-order valence-corrected chi connectivity index (χ1v) is 25.1. The van der Waals surface area contributed by atoms with Gasteiger partial charge in [0.1, 0.15) is 35.7 Å².